The van der Waals surface area contributed by atoms with Crippen molar-refractivity contribution >= 4 is 29.6 Å². The van der Waals surface area contributed by atoms with E-state index in [-0.39, 0.29) is 54.2 Å². The Hall–Kier alpha value is -3.07. The number of hydrogen-bond acceptors (Lipinski definition) is 6. The molecule has 0 spiro atoms. The largest absolute Gasteiger partial charge is 0.418 e. The first kappa shape index (κ1) is 32.8. The van der Waals surface area contributed by atoms with Crippen LogP contribution in [0.1, 0.15) is 79.3 Å². The molecule has 1 aromatic carbocycles. The summed E-state index contributed by atoms with van der Waals surface area (Å²) in [5.74, 6) is -4.30. The van der Waals surface area contributed by atoms with Crippen molar-refractivity contribution in [2.45, 2.75) is 75.4 Å². The fourth-order valence-corrected chi connectivity index (χ4v) is 5.83. The van der Waals surface area contributed by atoms with Gasteiger partial charge in [-0.15, -0.1) is 17.7 Å². The minimum Gasteiger partial charge on any atom is -0.335 e. The van der Waals surface area contributed by atoms with Crippen LogP contribution in [0.3, 0.4) is 0 Å². The number of aromatic nitrogens is 3. The van der Waals surface area contributed by atoms with E-state index in [1.165, 1.54) is 37.2 Å². The lowest BCUT2D eigenvalue weighted by molar-refractivity contribution is -0.137. The zero-order valence-electron chi connectivity index (χ0n) is 24.1. The number of para-hydroxylation sites is 1. The molecule has 1 saturated carbocycles. The summed E-state index contributed by atoms with van der Waals surface area (Å²) in [5.41, 5.74) is -1.15. The van der Waals surface area contributed by atoms with Gasteiger partial charge in [0.25, 0.3) is 11.8 Å². The molecule has 1 aliphatic heterocycles. The molecule has 0 radical (unpaired) electrons. The quantitative estimate of drug-likeness (QED) is 0.172. The average Bonchev–Trinajstić information content (AvgIpc) is 3.63. The molecule has 1 atom stereocenters. The molecule has 2 fully saturated rings. The third-order valence-electron chi connectivity index (χ3n) is 8.20. The number of rotatable bonds is 9. The van der Waals surface area contributed by atoms with Gasteiger partial charge in [0.2, 0.25) is 11.7 Å². The fourth-order valence-electron chi connectivity index (χ4n) is 5.72. The van der Waals surface area contributed by atoms with E-state index in [0.29, 0.717) is 25.8 Å². The molecule has 0 unspecified atom stereocenters. The molecule has 43 heavy (non-hydrogen) atoms. The van der Waals surface area contributed by atoms with Crippen molar-refractivity contribution in [1.82, 2.24) is 29.5 Å². The van der Waals surface area contributed by atoms with Crippen LogP contribution in [0.5, 0.6) is 0 Å². The SMILES string of the molecule is CN(C(=N)S)C(=O)C[C@H](CCN1CCCC(F)(F)C1)N(C)C(=O)c1nc(C2CCCC2)n(-c2ccccc2C(F)(F)F)n1. The van der Waals surface area contributed by atoms with E-state index in [0.717, 1.165) is 28.5 Å². The van der Waals surface area contributed by atoms with Crippen molar-refractivity contribution in [3.63, 3.8) is 0 Å². The normalized spacial score (nSPS) is 18.4. The van der Waals surface area contributed by atoms with Crippen LogP contribution in [-0.2, 0) is 11.0 Å². The van der Waals surface area contributed by atoms with Crippen LogP contribution in [-0.4, -0.2) is 92.1 Å². The smallest absolute Gasteiger partial charge is 0.335 e. The average molecular weight is 630 g/mol. The Morgan fingerprint density at radius 1 is 1.16 bits per heavy atom. The molecule has 236 valence electrons. The number of piperidine rings is 1. The van der Waals surface area contributed by atoms with Crippen LogP contribution in [0.15, 0.2) is 24.3 Å². The number of carbonyl (C=O) groups excluding carboxylic acids is 2. The third-order valence-corrected chi connectivity index (χ3v) is 8.50. The molecule has 2 amide bonds. The van der Waals surface area contributed by atoms with Gasteiger partial charge in [-0.2, -0.15) is 13.2 Å². The monoisotopic (exact) mass is 629 g/mol. The first-order valence-corrected chi connectivity index (χ1v) is 14.7. The lowest BCUT2D eigenvalue weighted by atomic mass is 10.0. The first-order chi connectivity index (χ1) is 20.2. The predicted octanol–water partition coefficient (Wildman–Crippen LogP) is 5.22. The second kappa shape index (κ2) is 13.3. The maximum absolute atomic E-state index is 14.0. The Kier molecular flexibility index (Phi) is 10.1. The van der Waals surface area contributed by atoms with Crippen molar-refractivity contribution < 1.29 is 31.5 Å². The van der Waals surface area contributed by atoms with Crippen molar-refractivity contribution in [2.24, 2.45) is 0 Å². The molecule has 15 heteroatoms. The summed E-state index contributed by atoms with van der Waals surface area (Å²) in [7, 11) is 2.79. The number of amidine groups is 1. The summed E-state index contributed by atoms with van der Waals surface area (Å²) < 4.78 is 70.9. The second-order valence-corrected chi connectivity index (χ2v) is 11.7. The molecule has 9 nitrogen and oxygen atoms in total. The Morgan fingerprint density at radius 2 is 1.84 bits per heavy atom. The van der Waals surface area contributed by atoms with Gasteiger partial charge in [0, 0.05) is 45.4 Å². The minimum absolute atomic E-state index is 0.158. The van der Waals surface area contributed by atoms with E-state index in [4.69, 9.17) is 5.41 Å². The highest BCUT2D eigenvalue weighted by molar-refractivity contribution is 7.96. The summed E-state index contributed by atoms with van der Waals surface area (Å²) in [6, 6.07) is 4.17. The topological polar surface area (TPSA) is 98.4 Å². The number of alkyl halides is 5. The number of carbonyl (C=O) groups is 2. The lowest BCUT2D eigenvalue weighted by Gasteiger charge is -2.35. The van der Waals surface area contributed by atoms with Crippen LogP contribution in [0.4, 0.5) is 22.0 Å². The maximum atomic E-state index is 14.0. The number of hydrogen-bond donors (Lipinski definition) is 2. The van der Waals surface area contributed by atoms with Crippen molar-refractivity contribution in [3.05, 3.63) is 41.5 Å². The lowest BCUT2D eigenvalue weighted by Crippen LogP contribution is -2.46. The standard InChI is InChI=1S/C28H36F5N7O2S/c1-37(19(16-22(41)38(2)26(34)43)12-15-39-14-7-13-27(29,30)17-39)25(42)23-35-24(18-8-3-4-9-18)40(36-23)21-11-6-5-10-20(21)28(31,32)33/h5-6,10-11,18-19H,3-4,7-9,12-17H2,1-2H3,(H2,34,43)/t19-/m0/s1. The Labute approximate surface area is 252 Å². The van der Waals surface area contributed by atoms with Gasteiger partial charge in [-0.05, 0) is 44.4 Å². The van der Waals surface area contributed by atoms with Gasteiger partial charge in [-0.3, -0.25) is 24.8 Å². The van der Waals surface area contributed by atoms with E-state index in [2.05, 4.69) is 22.7 Å². The number of nitrogens with zero attached hydrogens (tertiary/aromatic N) is 6. The molecule has 0 bridgehead atoms. The van der Waals surface area contributed by atoms with Gasteiger partial charge in [0.15, 0.2) is 5.17 Å². The number of nitrogens with one attached hydrogen (secondary N) is 1. The molecule has 2 aliphatic rings. The Bertz CT molecular complexity index is 1330. The highest BCUT2D eigenvalue weighted by Gasteiger charge is 2.38. The van der Waals surface area contributed by atoms with Crippen LogP contribution in [0.2, 0.25) is 0 Å². The molecular weight excluding hydrogens is 593 g/mol. The molecule has 4 rings (SSSR count). The van der Waals surface area contributed by atoms with Crippen LogP contribution < -0.4 is 0 Å². The Morgan fingerprint density at radius 3 is 2.47 bits per heavy atom. The van der Waals surface area contributed by atoms with Crippen molar-refractivity contribution in [2.75, 3.05) is 33.7 Å². The summed E-state index contributed by atoms with van der Waals surface area (Å²) >= 11 is 3.89. The number of amides is 2. The van der Waals surface area contributed by atoms with Gasteiger partial charge in [-0.25, -0.2) is 18.4 Å². The van der Waals surface area contributed by atoms with Crippen LogP contribution >= 0.6 is 12.6 Å². The third kappa shape index (κ3) is 7.91. The highest BCUT2D eigenvalue weighted by atomic mass is 32.1. The van der Waals surface area contributed by atoms with E-state index >= 15 is 0 Å². The maximum Gasteiger partial charge on any atom is 0.418 e. The molecule has 1 aliphatic carbocycles. The summed E-state index contributed by atoms with van der Waals surface area (Å²) in [4.78, 5) is 34.9. The molecule has 1 aromatic heterocycles. The van der Waals surface area contributed by atoms with E-state index in [1.807, 2.05) is 0 Å². The van der Waals surface area contributed by atoms with Gasteiger partial charge in [0.05, 0.1) is 17.8 Å². The zero-order chi connectivity index (χ0) is 31.5. The van der Waals surface area contributed by atoms with E-state index < -0.39 is 42.1 Å². The zero-order valence-corrected chi connectivity index (χ0v) is 25.0. The van der Waals surface area contributed by atoms with E-state index in [1.54, 1.807) is 4.90 Å². The number of halogens is 5. The van der Waals surface area contributed by atoms with Gasteiger partial charge < -0.3 is 4.90 Å². The number of thiol groups is 1. The van der Waals surface area contributed by atoms with Crippen LogP contribution in [0, 0.1) is 5.41 Å². The molecule has 2 aromatic rings. The second-order valence-electron chi connectivity index (χ2n) is 11.3. The number of likely N-dealkylation sites (tertiary alicyclic amines) is 1. The molecular formula is C28H36F5N7O2S. The van der Waals surface area contributed by atoms with Crippen LogP contribution in [0.25, 0.3) is 5.69 Å². The summed E-state index contributed by atoms with van der Waals surface area (Å²) in [5, 5.41) is 11.6. The van der Waals surface area contributed by atoms with Gasteiger partial charge >= 0.3 is 6.18 Å². The van der Waals surface area contributed by atoms with Crippen molar-refractivity contribution in [3.8, 4) is 5.69 Å². The summed E-state index contributed by atoms with van der Waals surface area (Å²) in [6.07, 6.45) is -1.51. The predicted molar refractivity (Wildman–Crippen MR) is 153 cm³/mol. The van der Waals surface area contributed by atoms with Gasteiger partial charge in [0.1, 0.15) is 5.82 Å². The first-order valence-electron chi connectivity index (χ1n) is 14.2. The molecule has 1 saturated heterocycles. The highest BCUT2D eigenvalue weighted by Crippen LogP contribution is 2.38. The van der Waals surface area contributed by atoms with Gasteiger partial charge in [-0.1, -0.05) is 25.0 Å². The minimum atomic E-state index is -4.67. The summed E-state index contributed by atoms with van der Waals surface area (Å²) in [6.45, 7) is 0.202. The molecule has 2 heterocycles. The van der Waals surface area contributed by atoms with E-state index in [9.17, 15) is 31.5 Å². The number of benzene rings is 1. The fraction of sp³-hybridized carbons (Fsp3) is 0.607. The van der Waals surface area contributed by atoms with Crippen molar-refractivity contribution in [1.29, 1.82) is 5.41 Å². The Balaban J connectivity index is 1.65. The molecule has 1 N–H and O–H groups in total.